The predicted octanol–water partition coefficient (Wildman–Crippen LogP) is 0.999. The fraction of sp³-hybridized carbons (Fsp3) is 1.00. The molecule has 2 N–H and O–H groups in total. The molecule has 0 amide bonds. The lowest BCUT2D eigenvalue weighted by Gasteiger charge is -2.25. The van der Waals surface area contributed by atoms with Gasteiger partial charge in [-0.05, 0) is 64.2 Å². The smallest absolute Gasteiger partial charge is 0.00355 e. The summed E-state index contributed by atoms with van der Waals surface area (Å²) in [6, 6.07) is 0. The highest BCUT2D eigenvalue weighted by atomic mass is 15.2. The van der Waals surface area contributed by atoms with Crippen molar-refractivity contribution >= 4 is 0 Å². The Morgan fingerprint density at radius 2 is 2.19 bits per heavy atom. The molecule has 2 aliphatic rings. The molecule has 1 aliphatic carbocycles. The molecule has 0 spiro atoms. The molecule has 0 bridgehead atoms. The number of hydrogen-bond donors (Lipinski definition) is 1. The van der Waals surface area contributed by atoms with Crippen LogP contribution in [0.5, 0.6) is 0 Å². The Kier molecular flexibility index (Phi) is 3.88. The van der Waals surface area contributed by atoms with E-state index in [0.29, 0.717) is 5.41 Å². The highest BCUT2D eigenvalue weighted by molar-refractivity contribution is 4.95. The average Bonchev–Trinajstić information content (AvgIpc) is 2.82. The first kappa shape index (κ1) is 12.3. The van der Waals surface area contributed by atoms with E-state index < -0.39 is 0 Å². The minimum Gasteiger partial charge on any atom is -0.330 e. The molecule has 0 aromatic rings. The van der Waals surface area contributed by atoms with Crippen molar-refractivity contribution < 1.29 is 0 Å². The SMILES string of the molecule is CN1CCC(CN(C)CC2(CCN)CC2)C1. The fourth-order valence-electron chi connectivity index (χ4n) is 3.22. The zero-order valence-electron chi connectivity index (χ0n) is 10.9. The van der Waals surface area contributed by atoms with Crippen LogP contribution in [0, 0.1) is 11.3 Å². The maximum atomic E-state index is 5.69. The first-order valence-corrected chi connectivity index (χ1v) is 6.71. The van der Waals surface area contributed by atoms with Crippen LogP contribution >= 0.6 is 0 Å². The lowest BCUT2D eigenvalue weighted by molar-refractivity contribution is 0.221. The van der Waals surface area contributed by atoms with Crippen molar-refractivity contribution in [2.45, 2.75) is 25.7 Å². The van der Waals surface area contributed by atoms with Crippen LogP contribution in [0.15, 0.2) is 0 Å². The molecule has 2 rings (SSSR count). The van der Waals surface area contributed by atoms with E-state index in [0.717, 1.165) is 12.5 Å². The minimum atomic E-state index is 0.605. The topological polar surface area (TPSA) is 32.5 Å². The van der Waals surface area contributed by atoms with Crippen molar-refractivity contribution in [3.05, 3.63) is 0 Å². The van der Waals surface area contributed by atoms with Crippen molar-refractivity contribution in [3.8, 4) is 0 Å². The van der Waals surface area contributed by atoms with Gasteiger partial charge in [-0.25, -0.2) is 0 Å². The van der Waals surface area contributed by atoms with Gasteiger partial charge in [0, 0.05) is 19.6 Å². The second-order valence-corrected chi connectivity index (χ2v) is 6.15. The van der Waals surface area contributed by atoms with Crippen LogP contribution in [0.4, 0.5) is 0 Å². The van der Waals surface area contributed by atoms with Gasteiger partial charge in [0.15, 0.2) is 0 Å². The summed E-state index contributed by atoms with van der Waals surface area (Å²) in [4.78, 5) is 5.00. The summed E-state index contributed by atoms with van der Waals surface area (Å²) >= 11 is 0. The van der Waals surface area contributed by atoms with Gasteiger partial charge in [-0.2, -0.15) is 0 Å². The van der Waals surface area contributed by atoms with E-state index in [2.05, 4.69) is 23.9 Å². The molecule has 2 fully saturated rings. The standard InChI is InChI=1S/C13H27N3/c1-15-8-3-12(9-15)10-16(2)11-13(4-5-13)6-7-14/h12H,3-11,14H2,1-2H3. The first-order chi connectivity index (χ1) is 7.63. The van der Waals surface area contributed by atoms with Gasteiger partial charge < -0.3 is 15.5 Å². The lowest BCUT2D eigenvalue weighted by atomic mass is 10.0. The number of likely N-dealkylation sites (tertiary alicyclic amines) is 1. The third-order valence-corrected chi connectivity index (χ3v) is 4.30. The quantitative estimate of drug-likeness (QED) is 0.732. The summed E-state index contributed by atoms with van der Waals surface area (Å²) in [5.74, 6) is 0.892. The van der Waals surface area contributed by atoms with Gasteiger partial charge in [0.25, 0.3) is 0 Å². The molecule has 16 heavy (non-hydrogen) atoms. The highest BCUT2D eigenvalue weighted by Crippen LogP contribution is 2.48. The number of nitrogens with two attached hydrogens (primary N) is 1. The van der Waals surface area contributed by atoms with Gasteiger partial charge in [0.05, 0.1) is 0 Å². The van der Waals surface area contributed by atoms with Crippen LogP contribution in [0.25, 0.3) is 0 Å². The van der Waals surface area contributed by atoms with Crippen LogP contribution in [-0.4, -0.2) is 56.6 Å². The largest absolute Gasteiger partial charge is 0.330 e. The highest BCUT2D eigenvalue weighted by Gasteiger charge is 2.42. The number of hydrogen-bond acceptors (Lipinski definition) is 3. The molecule has 1 heterocycles. The summed E-state index contributed by atoms with van der Waals surface area (Å²) in [6.45, 7) is 5.97. The maximum Gasteiger partial charge on any atom is 0.00355 e. The normalized spacial score (nSPS) is 28.9. The summed E-state index contributed by atoms with van der Waals surface area (Å²) in [5, 5.41) is 0. The van der Waals surface area contributed by atoms with Crippen molar-refractivity contribution in [2.24, 2.45) is 17.1 Å². The average molecular weight is 225 g/mol. The molecule has 1 aliphatic heterocycles. The van der Waals surface area contributed by atoms with E-state index in [1.807, 2.05) is 0 Å². The zero-order chi connectivity index (χ0) is 11.6. The molecule has 0 aromatic carbocycles. The molecule has 3 nitrogen and oxygen atoms in total. The van der Waals surface area contributed by atoms with Crippen molar-refractivity contribution in [1.29, 1.82) is 0 Å². The van der Waals surface area contributed by atoms with Gasteiger partial charge in [-0.3, -0.25) is 0 Å². The van der Waals surface area contributed by atoms with Gasteiger partial charge in [-0.1, -0.05) is 0 Å². The van der Waals surface area contributed by atoms with Gasteiger partial charge >= 0.3 is 0 Å². The molecule has 94 valence electrons. The van der Waals surface area contributed by atoms with E-state index >= 15 is 0 Å². The van der Waals surface area contributed by atoms with E-state index in [1.165, 1.54) is 51.9 Å². The second kappa shape index (κ2) is 5.03. The molecule has 1 atom stereocenters. The Morgan fingerprint density at radius 3 is 2.69 bits per heavy atom. The third kappa shape index (κ3) is 3.19. The van der Waals surface area contributed by atoms with Crippen LogP contribution in [0.3, 0.4) is 0 Å². The van der Waals surface area contributed by atoms with Crippen molar-refractivity contribution in [2.75, 3.05) is 46.8 Å². The van der Waals surface area contributed by atoms with Crippen molar-refractivity contribution in [1.82, 2.24) is 9.80 Å². The van der Waals surface area contributed by atoms with Gasteiger partial charge in [0.2, 0.25) is 0 Å². The van der Waals surface area contributed by atoms with E-state index in [-0.39, 0.29) is 0 Å². The van der Waals surface area contributed by atoms with Gasteiger partial charge in [-0.15, -0.1) is 0 Å². The molecular formula is C13H27N3. The molecule has 1 unspecified atom stereocenters. The van der Waals surface area contributed by atoms with E-state index in [9.17, 15) is 0 Å². The Labute approximate surface area is 100.0 Å². The summed E-state index contributed by atoms with van der Waals surface area (Å²) < 4.78 is 0. The Balaban J connectivity index is 1.70. The van der Waals surface area contributed by atoms with E-state index in [1.54, 1.807) is 0 Å². The molecule has 0 radical (unpaired) electrons. The summed E-state index contributed by atoms with van der Waals surface area (Å²) in [7, 11) is 4.52. The maximum absolute atomic E-state index is 5.69. The molecule has 1 saturated heterocycles. The van der Waals surface area contributed by atoms with Crippen molar-refractivity contribution in [3.63, 3.8) is 0 Å². The van der Waals surface area contributed by atoms with Gasteiger partial charge in [0.1, 0.15) is 0 Å². The molecular weight excluding hydrogens is 198 g/mol. The minimum absolute atomic E-state index is 0.605. The molecule has 0 aromatic heterocycles. The number of nitrogens with zero attached hydrogens (tertiary/aromatic N) is 2. The summed E-state index contributed by atoms with van der Waals surface area (Å²) in [5.41, 5.74) is 6.29. The zero-order valence-corrected chi connectivity index (χ0v) is 10.9. The second-order valence-electron chi connectivity index (χ2n) is 6.15. The lowest BCUT2D eigenvalue weighted by Crippen LogP contribution is -2.33. The number of rotatable bonds is 6. The fourth-order valence-corrected chi connectivity index (χ4v) is 3.22. The Bertz CT molecular complexity index is 225. The Morgan fingerprint density at radius 1 is 1.44 bits per heavy atom. The third-order valence-electron chi connectivity index (χ3n) is 4.30. The van der Waals surface area contributed by atoms with Crippen LogP contribution in [0.2, 0.25) is 0 Å². The molecule has 3 heteroatoms. The monoisotopic (exact) mass is 225 g/mol. The van der Waals surface area contributed by atoms with E-state index in [4.69, 9.17) is 5.73 Å². The Hall–Kier alpha value is -0.120. The summed E-state index contributed by atoms with van der Waals surface area (Å²) in [6.07, 6.45) is 5.41. The molecule has 1 saturated carbocycles. The van der Waals surface area contributed by atoms with Crippen LogP contribution < -0.4 is 5.73 Å². The van der Waals surface area contributed by atoms with Crippen LogP contribution in [0.1, 0.15) is 25.7 Å². The predicted molar refractivity (Wildman–Crippen MR) is 68.4 cm³/mol. The van der Waals surface area contributed by atoms with Crippen LogP contribution in [-0.2, 0) is 0 Å². The first-order valence-electron chi connectivity index (χ1n) is 6.71.